The van der Waals surface area contributed by atoms with Crippen LogP contribution in [0.3, 0.4) is 0 Å². The Labute approximate surface area is 169 Å². The summed E-state index contributed by atoms with van der Waals surface area (Å²) in [5.74, 6) is 0. The molecule has 8 nitrogen and oxygen atoms in total. The molecule has 0 aromatic heterocycles. The van der Waals surface area contributed by atoms with Crippen LogP contribution in [0.5, 0.6) is 0 Å². The van der Waals surface area contributed by atoms with Gasteiger partial charge >= 0.3 is 21.7 Å². The first-order valence-electron chi connectivity index (χ1n) is 7.32. The molecular formula is C14H32O8P2Ti-2. The van der Waals surface area contributed by atoms with Crippen molar-refractivity contribution in [3.8, 4) is 0 Å². The fraction of sp³-hybridized carbons (Fsp3) is 1.00. The molecule has 0 aliphatic heterocycles. The average Bonchev–Trinajstić information content (AvgIpc) is 2.08. The summed E-state index contributed by atoms with van der Waals surface area (Å²) < 4.78 is 0. The molecule has 0 aliphatic carbocycles. The third-order valence-corrected chi connectivity index (χ3v) is 4.93. The van der Waals surface area contributed by atoms with Gasteiger partial charge in [0.15, 0.2) is 0 Å². The Balaban J connectivity index is -0.0000000739. The molecule has 0 saturated carbocycles. The Morgan fingerprint density at radius 3 is 0.560 bits per heavy atom. The van der Waals surface area contributed by atoms with Gasteiger partial charge in [0.2, 0.25) is 0 Å². The number of hydrogen-bond donors (Lipinski definition) is 0. The molecule has 0 fully saturated rings. The van der Waals surface area contributed by atoms with Crippen LogP contribution in [0.15, 0.2) is 0 Å². The molecule has 0 amide bonds. The van der Waals surface area contributed by atoms with E-state index in [0.717, 1.165) is 0 Å². The van der Waals surface area contributed by atoms with Crippen molar-refractivity contribution in [2.75, 3.05) is 0 Å². The largest absolute Gasteiger partial charge is 4.00 e. The molecule has 0 heterocycles. The molecule has 0 aromatic rings. The first kappa shape index (κ1) is 37.1. The number of hydrogen-bond acceptors (Lipinski definition) is 8. The first-order chi connectivity index (χ1) is 9.96. The van der Waals surface area contributed by atoms with Crippen LogP contribution in [0.25, 0.3) is 0 Å². The fourth-order valence-corrected chi connectivity index (χ4v) is 0. The molecule has 25 heavy (non-hydrogen) atoms. The van der Waals surface area contributed by atoms with Crippen molar-refractivity contribution in [2.24, 2.45) is 0 Å². The topological polar surface area (TPSA) is 184 Å². The molecule has 0 aromatic carbocycles. The normalized spacial score (nSPS) is 12.0. The van der Waals surface area contributed by atoms with Crippen LogP contribution < -0.4 is 39.6 Å². The zero-order chi connectivity index (χ0) is 21.2. The molecular weight excluding hydrogens is 406 g/mol. The Kier molecular flexibility index (Phi) is 22.5. The van der Waals surface area contributed by atoms with Crippen LogP contribution in [0.1, 0.15) is 69.2 Å². The van der Waals surface area contributed by atoms with E-state index in [1.54, 1.807) is 27.7 Å². The second-order valence-electron chi connectivity index (χ2n) is 7.43. The molecule has 0 rings (SSSR count). The SMILES string of the molecule is CC(C)(C)[P+]([O-])([O-])[O-].CC(C)(C)[P+]([O-])([O-])[O-].CC(C)[O-].CC(C)[O-].[Ti+4]. The molecule has 0 bridgehead atoms. The summed E-state index contributed by atoms with van der Waals surface area (Å²) in [6.45, 7) is 14.7. The van der Waals surface area contributed by atoms with Crippen molar-refractivity contribution in [1.29, 1.82) is 0 Å². The Hall–Kier alpha value is 1.25. The van der Waals surface area contributed by atoms with Gasteiger partial charge in [0.05, 0.1) is 10.3 Å². The van der Waals surface area contributed by atoms with E-state index in [1.165, 1.54) is 41.5 Å². The maximum atomic E-state index is 10.1. The summed E-state index contributed by atoms with van der Waals surface area (Å²) in [5, 5.41) is 16.8. The summed E-state index contributed by atoms with van der Waals surface area (Å²) in [6.07, 6.45) is -0.833. The van der Waals surface area contributed by atoms with Crippen molar-refractivity contribution in [1.82, 2.24) is 0 Å². The zero-order valence-corrected chi connectivity index (χ0v) is 20.2. The Morgan fingerprint density at radius 2 is 0.560 bits per heavy atom. The minimum atomic E-state index is -4.35. The van der Waals surface area contributed by atoms with E-state index < -0.39 is 38.4 Å². The molecule has 11 heteroatoms. The first-order valence-corrected chi connectivity index (χ1v) is 10.4. The van der Waals surface area contributed by atoms with Gasteiger partial charge in [0.1, 0.15) is 0 Å². The van der Waals surface area contributed by atoms with Gasteiger partial charge in [-0.3, -0.25) is 0 Å². The van der Waals surface area contributed by atoms with E-state index in [0.29, 0.717) is 0 Å². The molecule has 0 aliphatic rings. The molecule has 0 N–H and O–H groups in total. The molecule has 0 spiro atoms. The quantitative estimate of drug-likeness (QED) is 0.279. The van der Waals surface area contributed by atoms with Gasteiger partial charge in [-0.1, -0.05) is 27.7 Å². The molecule has 152 valence electrons. The van der Waals surface area contributed by atoms with E-state index in [2.05, 4.69) is 0 Å². The van der Waals surface area contributed by atoms with Crippen molar-refractivity contribution in [3.05, 3.63) is 0 Å². The van der Waals surface area contributed by atoms with Crippen molar-refractivity contribution >= 4 is 15.9 Å². The van der Waals surface area contributed by atoms with Gasteiger partial charge in [-0.15, -0.1) is 12.2 Å². The minimum absolute atomic E-state index is 0. The summed E-state index contributed by atoms with van der Waals surface area (Å²) in [7, 11) is -8.70. The van der Waals surface area contributed by atoms with Gasteiger partial charge in [-0.05, 0) is 41.5 Å². The van der Waals surface area contributed by atoms with Crippen LogP contribution >= 0.6 is 15.9 Å². The third-order valence-electron chi connectivity index (χ3n) is 1.64. The smallest absolute Gasteiger partial charge is 0.852 e. The van der Waals surface area contributed by atoms with E-state index in [1.807, 2.05) is 0 Å². The fourth-order valence-electron chi connectivity index (χ4n) is 0. The van der Waals surface area contributed by atoms with Crippen LogP contribution in [0.4, 0.5) is 0 Å². The minimum Gasteiger partial charge on any atom is -0.852 e. The number of rotatable bonds is 0. The summed E-state index contributed by atoms with van der Waals surface area (Å²) in [4.78, 5) is 60.8. The van der Waals surface area contributed by atoms with Gasteiger partial charge < -0.3 is 39.6 Å². The van der Waals surface area contributed by atoms with Crippen LogP contribution in [-0.2, 0) is 21.7 Å². The van der Waals surface area contributed by atoms with E-state index in [4.69, 9.17) is 0 Å². The predicted molar refractivity (Wildman–Crippen MR) is 83.6 cm³/mol. The van der Waals surface area contributed by atoms with Crippen molar-refractivity contribution in [2.45, 2.75) is 91.8 Å². The second kappa shape index (κ2) is 15.2. The summed E-state index contributed by atoms with van der Waals surface area (Å²) in [5.41, 5.74) is 0. The molecule has 0 atom stereocenters. The van der Waals surface area contributed by atoms with E-state index in [9.17, 15) is 39.6 Å². The van der Waals surface area contributed by atoms with Crippen molar-refractivity contribution in [3.63, 3.8) is 0 Å². The molecule has 0 unspecified atom stereocenters. The maximum absolute atomic E-state index is 10.1. The summed E-state index contributed by atoms with van der Waals surface area (Å²) >= 11 is 0. The van der Waals surface area contributed by atoms with Crippen molar-refractivity contribution < 1.29 is 61.3 Å². The second-order valence-corrected chi connectivity index (χ2v) is 12.1. The average molecular weight is 438 g/mol. The van der Waals surface area contributed by atoms with Crippen LogP contribution in [0.2, 0.25) is 0 Å². The molecule has 0 radical (unpaired) electrons. The monoisotopic (exact) mass is 438 g/mol. The van der Waals surface area contributed by atoms with Gasteiger partial charge in [-0.2, -0.15) is 15.9 Å². The third kappa shape index (κ3) is 36.8. The van der Waals surface area contributed by atoms with Gasteiger partial charge in [-0.25, -0.2) is 0 Å². The standard InChI is InChI=1S/2C4H11O3P.2C3H7O.Ti/c2*1-4(2,3)8(5,6)7;2*1-3(2)4;/h2*1-3H3,(H2,5,6,7);2*3H,1-2H3;/q;;2*-1;+4/p-4. The summed E-state index contributed by atoms with van der Waals surface area (Å²) in [6, 6.07) is 0. The van der Waals surface area contributed by atoms with Crippen LogP contribution in [0, 0.1) is 0 Å². The van der Waals surface area contributed by atoms with Gasteiger partial charge in [0.25, 0.3) is 0 Å². The molecule has 0 saturated heterocycles. The zero-order valence-electron chi connectivity index (χ0n) is 16.8. The Morgan fingerprint density at radius 1 is 0.520 bits per heavy atom. The van der Waals surface area contributed by atoms with Gasteiger partial charge in [0, 0.05) is 0 Å². The van der Waals surface area contributed by atoms with E-state index in [-0.39, 0.29) is 21.7 Å². The van der Waals surface area contributed by atoms with E-state index >= 15 is 0 Å². The maximum Gasteiger partial charge on any atom is 4.00 e. The predicted octanol–water partition coefficient (Wildman–Crippen LogP) is -3.24. The van der Waals surface area contributed by atoms with Crippen LogP contribution in [-0.4, -0.2) is 22.5 Å². The Bertz CT molecular complexity index is 230.